The van der Waals surface area contributed by atoms with Crippen molar-refractivity contribution in [3.05, 3.63) is 35.9 Å². The van der Waals surface area contributed by atoms with Gasteiger partial charge in [-0.1, -0.05) is 11.6 Å². The van der Waals surface area contributed by atoms with Crippen LogP contribution in [-0.2, 0) is 0 Å². The van der Waals surface area contributed by atoms with Crippen molar-refractivity contribution >= 4 is 28.8 Å². The van der Waals surface area contributed by atoms with Crippen LogP contribution in [0.15, 0.2) is 30.9 Å². The average molecular weight is 291 g/mol. The van der Waals surface area contributed by atoms with Crippen LogP contribution in [0.5, 0.6) is 11.5 Å². The van der Waals surface area contributed by atoms with E-state index in [2.05, 4.69) is 20.4 Å². The lowest BCUT2D eigenvalue weighted by Crippen LogP contribution is -2.01. The maximum absolute atomic E-state index is 6.21. The van der Waals surface area contributed by atoms with Gasteiger partial charge in [-0.3, -0.25) is 0 Å². The molecular weight excluding hydrogens is 280 g/mol. The zero-order chi connectivity index (χ0) is 14.1. The van der Waals surface area contributed by atoms with Crippen molar-refractivity contribution in [1.29, 1.82) is 0 Å². The number of hydrogen-bond donors (Lipinski definition) is 2. The van der Waals surface area contributed by atoms with Gasteiger partial charge in [-0.2, -0.15) is 5.10 Å². The summed E-state index contributed by atoms with van der Waals surface area (Å²) < 4.78 is 7.27. The topological polar surface area (TPSA) is 90.4 Å². The fraction of sp³-hybridized carbons (Fsp3) is 0.0833. The van der Waals surface area contributed by atoms with E-state index in [4.69, 9.17) is 22.1 Å². The van der Waals surface area contributed by atoms with E-state index in [1.165, 1.54) is 6.20 Å². The summed E-state index contributed by atoms with van der Waals surface area (Å²) in [5.74, 6) is 1.20. The molecule has 0 fully saturated rings. The van der Waals surface area contributed by atoms with E-state index in [1.807, 2.05) is 0 Å². The molecule has 20 heavy (non-hydrogen) atoms. The summed E-state index contributed by atoms with van der Waals surface area (Å²) >= 11 is 6.21. The summed E-state index contributed by atoms with van der Waals surface area (Å²) in [4.78, 5) is 8.22. The van der Waals surface area contributed by atoms with Gasteiger partial charge in [0.1, 0.15) is 10.8 Å². The molecule has 3 rings (SSSR count). The van der Waals surface area contributed by atoms with Gasteiger partial charge in [0, 0.05) is 13.1 Å². The number of hydrogen-bond acceptors (Lipinski definition) is 6. The first-order valence-electron chi connectivity index (χ1n) is 5.78. The molecule has 0 aliphatic heterocycles. The largest absolute Gasteiger partial charge is 0.451 e. The third-order valence-corrected chi connectivity index (χ3v) is 3.09. The first-order valence-corrected chi connectivity index (χ1v) is 6.16. The maximum atomic E-state index is 6.21. The van der Waals surface area contributed by atoms with Crippen molar-refractivity contribution < 1.29 is 4.74 Å². The Bertz CT molecular complexity index is 772. The Balaban J connectivity index is 1.98. The van der Waals surface area contributed by atoms with Gasteiger partial charge in [0.25, 0.3) is 0 Å². The minimum absolute atomic E-state index is 0.311. The highest BCUT2D eigenvalue weighted by atomic mass is 35.5. The van der Waals surface area contributed by atoms with Crippen LogP contribution in [-0.4, -0.2) is 26.6 Å². The van der Waals surface area contributed by atoms with Crippen LogP contribution in [0, 0.1) is 0 Å². The van der Waals surface area contributed by atoms with Crippen LogP contribution in [0.3, 0.4) is 0 Å². The Hall–Kier alpha value is -2.54. The summed E-state index contributed by atoms with van der Waals surface area (Å²) in [6, 6.07) is 1.79. The van der Waals surface area contributed by atoms with Gasteiger partial charge in [-0.25, -0.2) is 14.5 Å². The van der Waals surface area contributed by atoms with Crippen LogP contribution in [0.2, 0.25) is 5.02 Å². The normalized spacial score (nSPS) is 10.7. The predicted molar refractivity (Wildman–Crippen MR) is 76.3 cm³/mol. The third kappa shape index (κ3) is 2.08. The second-order valence-corrected chi connectivity index (χ2v) is 4.35. The minimum Gasteiger partial charge on any atom is -0.451 e. The van der Waals surface area contributed by atoms with Crippen LogP contribution in [0.25, 0.3) is 5.65 Å². The van der Waals surface area contributed by atoms with Crippen molar-refractivity contribution in [2.75, 3.05) is 18.1 Å². The van der Waals surface area contributed by atoms with Gasteiger partial charge in [-0.15, -0.1) is 0 Å². The summed E-state index contributed by atoms with van der Waals surface area (Å²) in [5.41, 5.74) is 6.97. The van der Waals surface area contributed by atoms with Gasteiger partial charge < -0.3 is 15.8 Å². The molecule has 0 aromatic carbocycles. The number of anilines is 2. The molecule has 0 spiro atoms. The monoisotopic (exact) mass is 290 g/mol. The molecular formula is C12H11ClN6O. The standard InChI is InChI=1S/C12H11ClN6O/c1-15-11-10(13)8(5-17-12(11)14)20-7-4-16-9-2-3-18-19(9)6-7/h2-6,15H,1H3,(H2,14,17). The lowest BCUT2D eigenvalue weighted by molar-refractivity contribution is 0.474. The van der Waals surface area contributed by atoms with Crippen molar-refractivity contribution in [1.82, 2.24) is 19.6 Å². The number of pyridine rings is 1. The minimum atomic E-state index is 0.311. The highest BCUT2D eigenvalue weighted by Gasteiger charge is 2.12. The number of nitrogens with two attached hydrogens (primary N) is 1. The lowest BCUT2D eigenvalue weighted by atomic mass is 10.3. The Kier molecular flexibility index (Phi) is 3.03. The van der Waals surface area contributed by atoms with E-state index < -0.39 is 0 Å². The SMILES string of the molecule is CNc1c(N)ncc(Oc2cnc3ccnn3c2)c1Cl. The average Bonchev–Trinajstić information content (AvgIpc) is 2.90. The first-order chi connectivity index (χ1) is 9.69. The molecule has 3 aromatic rings. The first kappa shape index (κ1) is 12.5. The highest BCUT2D eigenvalue weighted by molar-refractivity contribution is 6.35. The van der Waals surface area contributed by atoms with E-state index in [9.17, 15) is 0 Å². The lowest BCUT2D eigenvalue weighted by Gasteiger charge is -2.11. The molecule has 0 unspecified atom stereocenters. The molecule has 0 aliphatic carbocycles. The van der Waals surface area contributed by atoms with Gasteiger partial charge in [0.15, 0.2) is 17.1 Å². The number of aromatic nitrogens is 4. The van der Waals surface area contributed by atoms with Crippen LogP contribution >= 0.6 is 11.6 Å². The third-order valence-electron chi connectivity index (χ3n) is 2.71. The van der Waals surface area contributed by atoms with E-state index in [0.29, 0.717) is 28.0 Å². The van der Waals surface area contributed by atoms with E-state index >= 15 is 0 Å². The molecule has 0 aliphatic rings. The number of nitrogens with one attached hydrogen (secondary N) is 1. The molecule has 8 heteroatoms. The Morgan fingerprint density at radius 2 is 2.20 bits per heavy atom. The van der Waals surface area contributed by atoms with E-state index in [-0.39, 0.29) is 0 Å². The molecule has 0 bridgehead atoms. The van der Waals surface area contributed by atoms with Gasteiger partial charge in [-0.05, 0) is 0 Å². The Morgan fingerprint density at radius 3 is 3.00 bits per heavy atom. The Morgan fingerprint density at radius 1 is 1.35 bits per heavy atom. The van der Waals surface area contributed by atoms with Crippen LogP contribution in [0.1, 0.15) is 0 Å². The van der Waals surface area contributed by atoms with E-state index in [0.717, 1.165) is 5.65 Å². The molecule has 3 heterocycles. The molecule has 0 amide bonds. The Labute approximate surface area is 119 Å². The summed E-state index contributed by atoms with van der Waals surface area (Å²) in [5, 5.41) is 7.33. The number of fused-ring (bicyclic) bond motifs is 1. The quantitative estimate of drug-likeness (QED) is 0.768. The summed E-state index contributed by atoms with van der Waals surface area (Å²) in [6.45, 7) is 0. The van der Waals surface area contributed by atoms with E-state index in [1.54, 1.807) is 36.2 Å². The zero-order valence-corrected chi connectivity index (χ0v) is 11.3. The molecule has 0 atom stereocenters. The molecule has 0 saturated carbocycles. The van der Waals surface area contributed by atoms with Gasteiger partial charge in [0.05, 0.1) is 30.5 Å². The van der Waals surface area contributed by atoms with Crippen molar-refractivity contribution in [2.45, 2.75) is 0 Å². The number of nitrogens with zero attached hydrogens (tertiary/aromatic N) is 4. The zero-order valence-electron chi connectivity index (χ0n) is 10.5. The van der Waals surface area contributed by atoms with Crippen molar-refractivity contribution in [2.24, 2.45) is 0 Å². The fourth-order valence-electron chi connectivity index (χ4n) is 1.77. The summed E-state index contributed by atoms with van der Waals surface area (Å²) in [6.07, 6.45) is 6.41. The van der Waals surface area contributed by atoms with Crippen LogP contribution < -0.4 is 15.8 Å². The predicted octanol–water partition coefficient (Wildman–Crippen LogP) is 2.19. The van der Waals surface area contributed by atoms with Crippen molar-refractivity contribution in [3.63, 3.8) is 0 Å². The number of ether oxygens (including phenoxy) is 1. The van der Waals surface area contributed by atoms with Crippen molar-refractivity contribution in [3.8, 4) is 11.5 Å². The number of halogens is 1. The second-order valence-electron chi connectivity index (χ2n) is 3.97. The smallest absolute Gasteiger partial charge is 0.166 e. The van der Waals surface area contributed by atoms with Gasteiger partial charge >= 0.3 is 0 Å². The fourth-order valence-corrected chi connectivity index (χ4v) is 2.04. The molecule has 7 nitrogen and oxygen atoms in total. The van der Waals surface area contributed by atoms with Crippen LogP contribution in [0.4, 0.5) is 11.5 Å². The maximum Gasteiger partial charge on any atom is 0.166 e. The molecule has 102 valence electrons. The van der Waals surface area contributed by atoms with Gasteiger partial charge in [0.2, 0.25) is 0 Å². The molecule has 3 aromatic heterocycles. The highest BCUT2D eigenvalue weighted by Crippen LogP contribution is 2.36. The second kappa shape index (κ2) is 4.86. The summed E-state index contributed by atoms with van der Waals surface area (Å²) in [7, 11) is 1.71. The molecule has 0 saturated heterocycles. The number of rotatable bonds is 3. The number of nitrogen functional groups attached to an aromatic ring is 1. The molecule has 0 radical (unpaired) electrons. The molecule has 3 N–H and O–H groups in total.